The molecule has 12 aromatic heterocycles. The second-order valence-corrected chi connectivity index (χ2v) is 30.7. The van der Waals surface area contributed by atoms with Gasteiger partial charge in [0, 0.05) is 17.8 Å². The minimum atomic E-state index is -0.751. The average Bonchev–Trinajstić information content (AvgIpc) is 0.754. The maximum absolute atomic E-state index is 14.6. The van der Waals surface area contributed by atoms with Gasteiger partial charge in [-0.05, 0) is 155 Å². The molecule has 0 saturated carbocycles. The van der Waals surface area contributed by atoms with Gasteiger partial charge in [-0.15, -0.1) is 0 Å². The summed E-state index contributed by atoms with van der Waals surface area (Å²) in [6, 6.07) is 29.5. The molecule has 0 aliphatic rings. The topological polar surface area (TPSA) is 568 Å². The van der Waals surface area contributed by atoms with Crippen LogP contribution in [0.5, 0.6) is 0 Å². The van der Waals surface area contributed by atoms with Crippen LogP contribution in [0.1, 0.15) is 143 Å². The van der Waals surface area contributed by atoms with E-state index in [4.69, 9.17) is 78.4 Å². The summed E-state index contributed by atoms with van der Waals surface area (Å²) in [5, 5.41) is 51.9. The molecule has 658 valence electrons. The third-order valence-corrected chi connectivity index (χ3v) is 21.2. The highest BCUT2D eigenvalue weighted by Crippen LogP contribution is 2.35. The van der Waals surface area contributed by atoms with E-state index in [9.17, 15) is 53.4 Å². The van der Waals surface area contributed by atoms with Gasteiger partial charge in [0.1, 0.15) is 145 Å². The second kappa shape index (κ2) is 38.2. The van der Waals surface area contributed by atoms with E-state index in [1.54, 1.807) is 116 Å². The summed E-state index contributed by atoms with van der Waals surface area (Å²) in [4.78, 5) is 122. The van der Waals surface area contributed by atoms with Crippen molar-refractivity contribution < 1.29 is 13.2 Å². The maximum Gasteiger partial charge on any atom is 0.269 e. The van der Waals surface area contributed by atoms with Crippen LogP contribution in [0, 0.1) is 118 Å². The summed E-state index contributed by atoms with van der Waals surface area (Å²) < 4.78 is 48.1. The molecule has 16 aromatic rings. The summed E-state index contributed by atoms with van der Waals surface area (Å²) in [5.41, 5.74) is 32.7. The standard InChI is InChI=1S/C22H19Cl2N9O.C22H19ClN8O.C22H18F2N8O.C22H19FN8O/c1-9-6-16(26)28-8-15(9)33-21(32-18-14(24)5-4-13(23)17(18)22(33)34)10(2)29-20-12(7-25)19(27)30-11(3)31-20;1-11-17(8-5-9-26-11)31-21(30-16-7-4-6-15(23)18(16)22(31)32)12(2)27-20-14(10-24)19(25)28-13(3)29-20;1-10-15(24)8-27-9-17(10)32-21(31-16-6-4-5-14(23)18(16)22(32)33)11(2)28-20-13(7-25)19(26)29-12(3)30-20;1-11-5-4-6-17-18(11)22(32)31(15-7-14(23)9-26-10-15)21(30-17)12(2)27-20-16(8-24)19(25)28-13(3)29-20/h4-6,8,10H,1-3H3,(H2,26,28)(H3,27,29,30,31);4-9,12H,1-3H3,(H3,25,27,28,29);4-6,8-9,11H,1-3H3,(H3,26,28,29,30);4-7,9-10,12H,1-3H3,(H3,25,27,28,29)/t10-;12-;11-;12-/m0000/s1. The van der Waals surface area contributed by atoms with Crippen molar-refractivity contribution in [3.05, 3.63) is 293 Å². The van der Waals surface area contributed by atoms with E-state index in [0.29, 0.717) is 90.2 Å². The van der Waals surface area contributed by atoms with Crippen molar-refractivity contribution in [2.24, 2.45) is 0 Å². The number of nitriles is 4. The Bertz CT molecular complexity index is 7800. The Labute approximate surface area is 756 Å². The number of benzene rings is 4. The molecule has 0 bridgehead atoms. The molecular formula is C88H75Cl3F3N33O4. The first-order chi connectivity index (χ1) is 62.4. The molecule has 0 radical (unpaired) electrons. The van der Waals surface area contributed by atoms with Gasteiger partial charge in [0.05, 0.1) is 137 Å². The minimum absolute atomic E-state index is 0.00388. The maximum atomic E-state index is 14.6. The fraction of sp³-hybridized carbons (Fsp3) is 0.182. The first-order valence-electron chi connectivity index (χ1n) is 39.4. The van der Waals surface area contributed by atoms with Gasteiger partial charge in [-0.25, -0.2) is 78.0 Å². The summed E-state index contributed by atoms with van der Waals surface area (Å²) >= 11 is 19.1. The van der Waals surface area contributed by atoms with E-state index in [2.05, 4.69) is 86.1 Å². The molecule has 43 heteroatoms. The monoisotopic (exact) mass is 1820 g/mol. The number of halogens is 6. The number of nitrogens with one attached hydrogen (secondary N) is 4. The predicted octanol–water partition coefficient (Wildman–Crippen LogP) is 13.2. The third kappa shape index (κ3) is 18.6. The summed E-state index contributed by atoms with van der Waals surface area (Å²) in [7, 11) is 0. The number of anilines is 9. The van der Waals surface area contributed by atoms with E-state index in [0.717, 1.165) is 28.6 Å². The highest BCUT2D eigenvalue weighted by molar-refractivity contribution is 6.39. The molecule has 14 N–H and O–H groups in total. The van der Waals surface area contributed by atoms with Gasteiger partial charge in [-0.1, -0.05) is 59.1 Å². The van der Waals surface area contributed by atoms with Gasteiger partial charge in [-0.2, -0.15) is 21.0 Å². The Morgan fingerprint density at radius 3 is 1.28 bits per heavy atom. The normalized spacial score (nSPS) is 11.9. The van der Waals surface area contributed by atoms with Crippen LogP contribution in [-0.4, -0.2) is 98.0 Å². The minimum Gasteiger partial charge on any atom is -0.384 e. The molecule has 0 aliphatic heterocycles. The van der Waals surface area contributed by atoms with Gasteiger partial charge in [0.15, 0.2) is 23.3 Å². The second-order valence-electron chi connectivity index (χ2n) is 29.5. The van der Waals surface area contributed by atoms with Crippen molar-refractivity contribution >= 4 is 131 Å². The Morgan fingerprint density at radius 2 is 0.794 bits per heavy atom. The lowest BCUT2D eigenvalue weighted by Gasteiger charge is -2.22. The number of pyridine rings is 4. The van der Waals surface area contributed by atoms with Crippen molar-refractivity contribution in [3.63, 3.8) is 0 Å². The number of aromatic nitrogens is 20. The van der Waals surface area contributed by atoms with Crippen LogP contribution in [0.3, 0.4) is 0 Å². The molecule has 12 heterocycles. The van der Waals surface area contributed by atoms with Crippen molar-refractivity contribution in [3.8, 4) is 47.0 Å². The fourth-order valence-corrected chi connectivity index (χ4v) is 14.9. The zero-order valence-electron chi connectivity index (χ0n) is 71.5. The lowest BCUT2D eigenvalue weighted by molar-refractivity contribution is 0.606. The van der Waals surface area contributed by atoms with Gasteiger partial charge in [0.25, 0.3) is 22.2 Å². The highest BCUT2D eigenvalue weighted by atomic mass is 35.5. The Morgan fingerprint density at radius 1 is 0.382 bits per heavy atom. The number of aryl methyl sites for hydroxylation is 7. The summed E-state index contributed by atoms with van der Waals surface area (Å²) in [6.45, 7) is 20.5. The molecule has 0 amide bonds. The van der Waals surface area contributed by atoms with E-state index in [1.807, 2.05) is 57.2 Å². The number of fused-ring (bicyclic) bond motifs is 4. The first kappa shape index (κ1) is 91.9. The molecule has 0 aliphatic carbocycles. The molecule has 131 heavy (non-hydrogen) atoms. The van der Waals surface area contributed by atoms with Crippen LogP contribution in [0.2, 0.25) is 15.1 Å². The molecule has 0 unspecified atom stereocenters. The van der Waals surface area contributed by atoms with Gasteiger partial charge in [0.2, 0.25) is 0 Å². The molecule has 4 aromatic carbocycles. The third-order valence-electron chi connectivity index (χ3n) is 20.3. The Balaban J connectivity index is 0.000000149. The van der Waals surface area contributed by atoms with Crippen LogP contribution in [0.25, 0.3) is 66.4 Å². The Hall–Kier alpha value is -16.8. The molecule has 0 saturated heterocycles. The van der Waals surface area contributed by atoms with Gasteiger partial charge >= 0.3 is 0 Å². The largest absolute Gasteiger partial charge is 0.384 e. The number of rotatable bonds is 16. The van der Waals surface area contributed by atoms with Crippen LogP contribution >= 0.6 is 34.8 Å². The Kier molecular flexibility index (Phi) is 26.8. The van der Waals surface area contributed by atoms with Gasteiger partial charge in [-0.3, -0.25) is 52.4 Å². The van der Waals surface area contributed by atoms with Crippen molar-refractivity contribution in [2.45, 2.75) is 107 Å². The SMILES string of the molecule is Cc1nc(N)c(C#N)c(N[C@@H](C)c2nc3c(Cl)ccc(Cl)c3c(=O)n2-c2cnc(N)cc2C)n1.Cc1nc(N)c(C#N)c(N[C@@H](C)c2nc3cccc(C)c3c(=O)n2-c2cncc(F)c2)n1.Cc1nc(N)c(C#N)c(N[C@@H](C)c2nc3cccc(Cl)c3c(=O)n2-c2cccnc2C)n1.Cc1nc(N)c(C#N)c(N[C@@H](C)c2nc3cccc(F)c3c(=O)n2-c2cncc(F)c2C)n1. The summed E-state index contributed by atoms with van der Waals surface area (Å²) in [6.07, 6.45) is 7.91. The lowest BCUT2D eigenvalue weighted by Crippen LogP contribution is -2.29. The average molecular weight is 1820 g/mol. The van der Waals surface area contributed by atoms with Crippen molar-refractivity contribution in [1.82, 2.24) is 98.0 Å². The zero-order valence-corrected chi connectivity index (χ0v) is 73.7. The smallest absolute Gasteiger partial charge is 0.269 e. The van der Waals surface area contributed by atoms with Crippen LogP contribution in [0.4, 0.5) is 65.5 Å². The zero-order chi connectivity index (χ0) is 94.6. The number of hydrogen-bond donors (Lipinski definition) is 9. The van der Waals surface area contributed by atoms with Crippen molar-refractivity contribution in [1.29, 1.82) is 21.0 Å². The quantitative estimate of drug-likeness (QED) is 0.0434. The predicted molar refractivity (Wildman–Crippen MR) is 491 cm³/mol. The van der Waals surface area contributed by atoms with Crippen LogP contribution in [0.15, 0.2) is 147 Å². The number of nitrogen functional groups attached to an aromatic ring is 5. The van der Waals surface area contributed by atoms with Gasteiger partial charge < -0.3 is 49.9 Å². The molecule has 37 nitrogen and oxygen atoms in total. The fourth-order valence-electron chi connectivity index (χ4n) is 14.2. The highest BCUT2D eigenvalue weighted by Gasteiger charge is 2.30. The molecule has 0 fully saturated rings. The first-order valence-corrected chi connectivity index (χ1v) is 40.5. The van der Waals surface area contributed by atoms with Crippen LogP contribution < -0.4 is 72.2 Å². The number of hydrogen-bond acceptors (Lipinski definition) is 33. The number of nitrogens with zero attached hydrogens (tertiary/aromatic N) is 24. The molecule has 16 rings (SSSR count). The lowest BCUT2D eigenvalue weighted by atomic mass is 10.1. The molecule has 0 spiro atoms. The van der Waals surface area contributed by atoms with E-state index >= 15 is 0 Å². The van der Waals surface area contributed by atoms with Crippen molar-refractivity contribution in [2.75, 3.05) is 49.9 Å². The summed E-state index contributed by atoms with van der Waals surface area (Å²) in [5.74, 6) is 1.95. The molecular weight excluding hydrogens is 1750 g/mol. The van der Waals surface area contributed by atoms with E-state index < -0.39 is 52.7 Å². The number of nitrogens with two attached hydrogens (primary N) is 5. The van der Waals surface area contributed by atoms with Crippen LogP contribution in [-0.2, 0) is 0 Å². The molecule has 4 atom stereocenters. The van der Waals surface area contributed by atoms with E-state index in [1.165, 1.54) is 57.4 Å². The van der Waals surface area contributed by atoms with E-state index in [-0.39, 0.29) is 140 Å².